The number of carbonyl (C=O) groups excluding carboxylic acids is 1. The lowest BCUT2D eigenvalue weighted by molar-refractivity contribution is -0.253. The Balaban J connectivity index is 1.75. The Bertz CT molecular complexity index is 1100. The van der Waals surface area contributed by atoms with Crippen molar-refractivity contribution in [2.24, 2.45) is 0 Å². The summed E-state index contributed by atoms with van der Waals surface area (Å²) < 4.78 is 55.1. The molecule has 0 spiro atoms. The second-order valence-electron chi connectivity index (χ2n) is 6.65. The summed E-state index contributed by atoms with van der Waals surface area (Å²) in [6.07, 6.45) is -5.31. The minimum absolute atomic E-state index is 0.0475. The number of nitrogens with one attached hydrogen (secondary N) is 2. The van der Waals surface area contributed by atoms with Gasteiger partial charge < -0.3 is 20.5 Å². The number of aliphatic hydroxyl groups is 1. The van der Waals surface area contributed by atoms with E-state index in [4.69, 9.17) is 5.11 Å². The summed E-state index contributed by atoms with van der Waals surface area (Å²) in [6, 6.07) is 9.81. The van der Waals surface area contributed by atoms with Crippen molar-refractivity contribution >= 4 is 17.5 Å². The Kier molecular flexibility index (Phi) is 7.72. The number of hydrogen-bond donors (Lipinski definition) is 3. The molecule has 8 nitrogen and oxygen atoms in total. The van der Waals surface area contributed by atoms with E-state index < -0.39 is 24.2 Å². The molecule has 0 unspecified atom stereocenters. The number of alkyl halides is 4. The summed E-state index contributed by atoms with van der Waals surface area (Å²) in [5, 5.41) is 14.2. The van der Waals surface area contributed by atoms with Gasteiger partial charge in [0.05, 0.1) is 5.69 Å². The maximum atomic E-state index is 13.1. The van der Waals surface area contributed by atoms with E-state index in [-0.39, 0.29) is 23.9 Å². The molecule has 0 aliphatic carbocycles. The SMILES string of the molecule is O=C(NCCCO)c1cc(-c2ccnc(Nc3cccc(OC(F)(F)C(F)F)c3)n2)ccn1. The van der Waals surface area contributed by atoms with Gasteiger partial charge in [-0.1, -0.05) is 6.07 Å². The number of anilines is 2. The average Bonchev–Trinajstić information content (AvgIpc) is 2.79. The van der Waals surface area contributed by atoms with Crippen LogP contribution in [-0.2, 0) is 0 Å². The van der Waals surface area contributed by atoms with E-state index in [2.05, 4.69) is 30.3 Å². The van der Waals surface area contributed by atoms with Gasteiger partial charge in [-0.15, -0.1) is 0 Å². The fourth-order valence-corrected chi connectivity index (χ4v) is 2.63. The normalized spacial score (nSPS) is 11.3. The number of carbonyl (C=O) groups is 1. The van der Waals surface area contributed by atoms with E-state index in [9.17, 15) is 22.4 Å². The fraction of sp³-hybridized carbons (Fsp3) is 0.238. The number of aliphatic hydroxyl groups excluding tert-OH is 1. The van der Waals surface area contributed by atoms with Crippen LogP contribution in [0.5, 0.6) is 5.75 Å². The first-order chi connectivity index (χ1) is 15.8. The molecule has 0 bridgehead atoms. The third kappa shape index (κ3) is 6.59. The number of rotatable bonds is 10. The zero-order valence-corrected chi connectivity index (χ0v) is 17.0. The molecule has 174 valence electrons. The number of ether oxygens (including phenoxy) is 1. The number of halogens is 4. The van der Waals surface area contributed by atoms with E-state index in [0.29, 0.717) is 24.2 Å². The van der Waals surface area contributed by atoms with Gasteiger partial charge in [-0.3, -0.25) is 9.78 Å². The zero-order valence-electron chi connectivity index (χ0n) is 17.0. The number of aromatic nitrogens is 3. The van der Waals surface area contributed by atoms with Crippen molar-refractivity contribution in [3.8, 4) is 17.0 Å². The Labute approximate surface area is 185 Å². The number of hydrogen-bond acceptors (Lipinski definition) is 7. The van der Waals surface area contributed by atoms with Crippen LogP contribution in [0, 0.1) is 0 Å². The number of nitrogens with zero attached hydrogens (tertiary/aromatic N) is 3. The van der Waals surface area contributed by atoms with Crippen molar-refractivity contribution in [1.29, 1.82) is 0 Å². The largest absolute Gasteiger partial charge is 0.461 e. The average molecular weight is 465 g/mol. The first-order valence-corrected chi connectivity index (χ1v) is 9.69. The second kappa shape index (κ2) is 10.7. The van der Waals surface area contributed by atoms with E-state index in [1.165, 1.54) is 30.6 Å². The molecule has 0 aliphatic heterocycles. The molecule has 12 heteroatoms. The molecule has 3 rings (SSSR count). The van der Waals surface area contributed by atoms with Crippen molar-refractivity contribution in [2.75, 3.05) is 18.5 Å². The van der Waals surface area contributed by atoms with Crippen LogP contribution >= 0.6 is 0 Å². The molecule has 2 heterocycles. The molecule has 2 aromatic heterocycles. The highest BCUT2D eigenvalue weighted by Crippen LogP contribution is 2.29. The highest BCUT2D eigenvalue weighted by atomic mass is 19.3. The maximum Gasteiger partial charge on any atom is 0.461 e. The minimum Gasteiger partial charge on any atom is -0.428 e. The monoisotopic (exact) mass is 465 g/mol. The van der Waals surface area contributed by atoms with Gasteiger partial charge in [-0.05, 0) is 36.8 Å². The summed E-state index contributed by atoms with van der Waals surface area (Å²) in [4.78, 5) is 24.6. The molecule has 1 aromatic carbocycles. The predicted octanol–water partition coefficient (Wildman–Crippen LogP) is 3.63. The van der Waals surface area contributed by atoms with Gasteiger partial charge in [-0.25, -0.2) is 9.97 Å². The van der Waals surface area contributed by atoms with Crippen LogP contribution in [0.25, 0.3) is 11.3 Å². The van der Waals surface area contributed by atoms with Gasteiger partial charge in [-0.2, -0.15) is 17.6 Å². The smallest absolute Gasteiger partial charge is 0.428 e. The highest BCUT2D eigenvalue weighted by molar-refractivity contribution is 5.93. The number of benzene rings is 1. The lowest BCUT2D eigenvalue weighted by Gasteiger charge is -2.17. The van der Waals surface area contributed by atoms with Crippen LogP contribution in [0.3, 0.4) is 0 Å². The molecule has 3 aromatic rings. The summed E-state index contributed by atoms with van der Waals surface area (Å²) in [6.45, 7) is 0.253. The van der Waals surface area contributed by atoms with Crippen LogP contribution in [0.1, 0.15) is 16.9 Å². The summed E-state index contributed by atoms with van der Waals surface area (Å²) >= 11 is 0. The Morgan fingerprint density at radius 1 is 1.12 bits per heavy atom. The van der Waals surface area contributed by atoms with Gasteiger partial charge in [0.1, 0.15) is 11.4 Å². The summed E-state index contributed by atoms with van der Waals surface area (Å²) in [5.41, 5.74) is 1.39. The molecule has 0 atom stereocenters. The van der Waals surface area contributed by atoms with E-state index >= 15 is 0 Å². The molecule has 0 aliphatic rings. The molecule has 0 saturated heterocycles. The molecule has 0 radical (unpaired) electrons. The first-order valence-electron chi connectivity index (χ1n) is 9.69. The number of amides is 1. The van der Waals surface area contributed by atoms with Crippen molar-refractivity contribution in [3.05, 3.63) is 60.6 Å². The van der Waals surface area contributed by atoms with Gasteiger partial charge >= 0.3 is 12.5 Å². The Morgan fingerprint density at radius 3 is 2.67 bits per heavy atom. The first kappa shape index (κ1) is 23.9. The van der Waals surface area contributed by atoms with Gasteiger partial charge in [0.2, 0.25) is 5.95 Å². The zero-order chi connectivity index (χ0) is 23.8. The third-order valence-corrected chi connectivity index (χ3v) is 4.16. The quantitative estimate of drug-likeness (QED) is 0.310. The van der Waals surface area contributed by atoms with E-state index in [1.54, 1.807) is 12.1 Å². The summed E-state index contributed by atoms with van der Waals surface area (Å²) in [7, 11) is 0. The van der Waals surface area contributed by atoms with E-state index in [1.807, 2.05) is 0 Å². The molecule has 3 N–H and O–H groups in total. The minimum atomic E-state index is -4.63. The lowest BCUT2D eigenvalue weighted by Crippen LogP contribution is -2.33. The lowest BCUT2D eigenvalue weighted by atomic mass is 10.1. The number of pyridine rings is 1. The molecule has 0 fully saturated rings. The topological polar surface area (TPSA) is 109 Å². The standard InChI is InChI=1S/C21H19F4N5O3/c22-19(23)21(24,25)33-15-4-1-3-14(12-15)29-20-28-9-6-16(30-20)13-5-8-26-17(11-13)18(32)27-7-2-10-31/h1,3-6,8-9,11-12,19,31H,2,7,10H2,(H,27,32)(H,28,29,30). The van der Waals surface area contributed by atoms with Crippen molar-refractivity contribution in [1.82, 2.24) is 20.3 Å². The van der Waals surface area contributed by atoms with Crippen LogP contribution in [0.4, 0.5) is 29.2 Å². The van der Waals surface area contributed by atoms with Crippen LogP contribution < -0.4 is 15.4 Å². The molecule has 1 amide bonds. The van der Waals surface area contributed by atoms with E-state index in [0.717, 1.165) is 12.1 Å². The van der Waals surface area contributed by atoms with Crippen molar-refractivity contribution in [3.63, 3.8) is 0 Å². The van der Waals surface area contributed by atoms with Gasteiger partial charge in [0.15, 0.2) is 0 Å². The van der Waals surface area contributed by atoms with Gasteiger partial charge in [0, 0.05) is 42.9 Å². The maximum absolute atomic E-state index is 13.1. The summed E-state index contributed by atoms with van der Waals surface area (Å²) in [5.74, 6) is -0.779. The van der Waals surface area contributed by atoms with Crippen LogP contribution in [0.15, 0.2) is 54.9 Å². The van der Waals surface area contributed by atoms with Crippen LogP contribution in [0.2, 0.25) is 0 Å². The Hall–Kier alpha value is -3.80. The molecule has 33 heavy (non-hydrogen) atoms. The fourth-order valence-electron chi connectivity index (χ4n) is 2.63. The molecule has 0 saturated carbocycles. The second-order valence-corrected chi connectivity index (χ2v) is 6.65. The molecular weight excluding hydrogens is 446 g/mol. The van der Waals surface area contributed by atoms with Gasteiger partial charge in [0.25, 0.3) is 5.91 Å². The molecular formula is C21H19F4N5O3. The van der Waals surface area contributed by atoms with Crippen molar-refractivity contribution in [2.45, 2.75) is 19.0 Å². The van der Waals surface area contributed by atoms with Crippen molar-refractivity contribution < 1.29 is 32.2 Å². The highest BCUT2D eigenvalue weighted by Gasteiger charge is 2.44. The third-order valence-electron chi connectivity index (χ3n) is 4.16. The Morgan fingerprint density at radius 2 is 1.91 bits per heavy atom. The van der Waals surface area contributed by atoms with Crippen LogP contribution in [-0.4, -0.2) is 51.7 Å². The predicted molar refractivity (Wildman–Crippen MR) is 111 cm³/mol.